The molecule has 4 aromatic rings. The Kier molecular flexibility index (Phi) is 7.09. The molecule has 200 valence electrons. The van der Waals surface area contributed by atoms with E-state index >= 15 is 0 Å². The number of nitrogens with one attached hydrogen (secondary N) is 1. The van der Waals surface area contributed by atoms with Crippen molar-refractivity contribution in [1.29, 1.82) is 0 Å². The van der Waals surface area contributed by atoms with Gasteiger partial charge in [-0.2, -0.15) is 0 Å². The van der Waals surface area contributed by atoms with E-state index in [4.69, 9.17) is 9.47 Å². The molecule has 1 fully saturated rings. The number of ether oxygens (including phenoxy) is 2. The molecule has 4 aromatic carbocycles. The average Bonchev–Trinajstić information content (AvgIpc) is 2.96. The summed E-state index contributed by atoms with van der Waals surface area (Å²) >= 11 is 0. The normalized spacial score (nSPS) is 19.7. The second kappa shape index (κ2) is 10.5. The van der Waals surface area contributed by atoms with Crippen molar-refractivity contribution in [2.45, 2.75) is 32.9 Å². The van der Waals surface area contributed by atoms with Gasteiger partial charge in [-0.1, -0.05) is 106 Å². The van der Waals surface area contributed by atoms with Crippen LogP contribution in [0.3, 0.4) is 0 Å². The number of benzene rings is 4. The third kappa shape index (κ3) is 4.32. The van der Waals surface area contributed by atoms with Crippen LogP contribution in [0.15, 0.2) is 109 Å². The summed E-state index contributed by atoms with van der Waals surface area (Å²) in [6, 6.07) is 35.6. The molecule has 3 atom stereocenters. The van der Waals surface area contributed by atoms with E-state index in [9.17, 15) is 4.79 Å². The van der Waals surface area contributed by atoms with Crippen molar-refractivity contribution in [3.05, 3.63) is 120 Å². The lowest BCUT2D eigenvalue weighted by atomic mass is 9.50. The van der Waals surface area contributed by atoms with Gasteiger partial charge in [0.15, 0.2) is 0 Å². The Morgan fingerprint density at radius 1 is 0.744 bits per heavy atom. The van der Waals surface area contributed by atoms with Gasteiger partial charge < -0.3 is 14.8 Å². The molecule has 0 aliphatic carbocycles. The first kappa shape index (κ1) is 26.4. The predicted molar refractivity (Wildman–Crippen MR) is 157 cm³/mol. The number of para-hydroxylation sites is 4. The number of hydrogen-bond acceptors (Lipinski definition) is 4. The van der Waals surface area contributed by atoms with Gasteiger partial charge in [0.1, 0.15) is 16.9 Å². The average molecular weight is 521 g/mol. The Morgan fingerprint density at radius 2 is 1.28 bits per heavy atom. The fraction of sp³-hybridized carbons (Fsp3) is 0.265. The minimum atomic E-state index is -0.864. The molecule has 5 heteroatoms. The van der Waals surface area contributed by atoms with Crippen molar-refractivity contribution in [2.24, 2.45) is 10.8 Å². The van der Waals surface area contributed by atoms with Crippen molar-refractivity contribution in [3.63, 3.8) is 0 Å². The van der Waals surface area contributed by atoms with E-state index < -0.39 is 10.8 Å². The van der Waals surface area contributed by atoms with Crippen LogP contribution in [0.4, 0.5) is 11.4 Å². The molecule has 0 radical (unpaired) electrons. The number of rotatable bonds is 8. The summed E-state index contributed by atoms with van der Waals surface area (Å²) in [5, 5.41) is 3.79. The molecule has 0 aromatic heterocycles. The highest BCUT2D eigenvalue weighted by atomic mass is 16.5. The number of nitrogens with zero attached hydrogens (tertiary/aromatic N) is 1. The number of amides is 1. The summed E-state index contributed by atoms with van der Waals surface area (Å²) in [7, 11) is 3.32. The lowest BCUT2D eigenvalue weighted by Gasteiger charge is -2.64. The minimum absolute atomic E-state index is 0.0459. The number of β-lactam (4-membered cyclic amide) rings is 1. The Balaban J connectivity index is 1.78. The second-order valence-electron chi connectivity index (χ2n) is 11.0. The summed E-state index contributed by atoms with van der Waals surface area (Å²) in [4.78, 5) is 16.9. The molecule has 39 heavy (non-hydrogen) atoms. The Morgan fingerprint density at radius 3 is 1.90 bits per heavy atom. The monoisotopic (exact) mass is 520 g/mol. The quantitative estimate of drug-likeness (QED) is 0.242. The topological polar surface area (TPSA) is 50.8 Å². The summed E-state index contributed by atoms with van der Waals surface area (Å²) < 4.78 is 11.5. The molecule has 1 N–H and O–H groups in total. The van der Waals surface area contributed by atoms with Gasteiger partial charge in [0.2, 0.25) is 5.91 Å². The zero-order chi connectivity index (χ0) is 27.6. The van der Waals surface area contributed by atoms with E-state index in [1.54, 1.807) is 14.2 Å². The first-order valence-corrected chi connectivity index (χ1v) is 13.3. The van der Waals surface area contributed by atoms with Gasteiger partial charge in [0.25, 0.3) is 0 Å². The number of methoxy groups -OCH3 is 2. The fourth-order valence-corrected chi connectivity index (χ4v) is 6.17. The van der Waals surface area contributed by atoms with E-state index in [1.807, 2.05) is 89.8 Å². The van der Waals surface area contributed by atoms with Crippen molar-refractivity contribution < 1.29 is 14.3 Å². The van der Waals surface area contributed by atoms with Gasteiger partial charge in [-0.05, 0) is 40.8 Å². The maximum Gasteiger partial charge on any atom is 0.239 e. The molecule has 1 aliphatic rings. The van der Waals surface area contributed by atoms with Crippen LogP contribution >= 0.6 is 0 Å². The van der Waals surface area contributed by atoms with Gasteiger partial charge >= 0.3 is 0 Å². The summed E-state index contributed by atoms with van der Waals surface area (Å²) in [6.45, 7) is 6.50. The molecule has 0 bridgehead atoms. The molecule has 1 amide bonds. The largest absolute Gasteiger partial charge is 0.495 e. The number of carbonyl (C=O) groups is 1. The maximum absolute atomic E-state index is 14.9. The number of carbonyl (C=O) groups excluding carboxylic acids is 1. The van der Waals surface area contributed by atoms with Crippen LogP contribution in [0.2, 0.25) is 0 Å². The van der Waals surface area contributed by atoms with Crippen molar-refractivity contribution >= 4 is 17.3 Å². The molecule has 5 rings (SSSR count). The van der Waals surface area contributed by atoms with E-state index in [0.717, 1.165) is 28.3 Å². The Bertz CT molecular complexity index is 1390. The van der Waals surface area contributed by atoms with Crippen LogP contribution in [-0.2, 0) is 4.79 Å². The first-order chi connectivity index (χ1) is 18.8. The van der Waals surface area contributed by atoms with Crippen LogP contribution < -0.4 is 19.7 Å². The molecule has 1 heterocycles. The smallest absolute Gasteiger partial charge is 0.239 e. The molecular formula is C34H36N2O3. The lowest BCUT2D eigenvalue weighted by Crippen LogP contribution is -2.71. The zero-order valence-electron chi connectivity index (χ0n) is 23.2. The van der Waals surface area contributed by atoms with Crippen LogP contribution in [0, 0.1) is 10.8 Å². The van der Waals surface area contributed by atoms with Gasteiger partial charge in [-0.3, -0.25) is 9.69 Å². The molecule has 1 unspecified atom stereocenters. The van der Waals surface area contributed by atoms with Crippen molar-refractivity contribution in [1.82, 2.24) is 0 Å². The lowest BCUT2D eigenvalue weighted by molar-refractivity contribution is -0.154. The number of anilines is 2. The third-order valence-electron chi connectivity index (χ3n) is 7.96. The minimum Gasteiger partial charge on any atom is -0.495 e. The van der Waals surface area contributed by atoms with Crippen LogP contribution in [0.25, 0.3) is 0 Å². The molecule has 1 aliphatic heterocycles. The standard InChI is InChI=1S/C34H36N2O3/c1-33(2,3)34(30(24-16-8-6-9-17-24)35-26-20-12-14-22-28(26)38-4)31(25-18-10-7-11-19-25)36(32(34)37)27-21-13-15-23-29(27)39-5/h6-23,30-31,35H,1-5H3/t30?,31-,34+/m0/s1. The van der Waals surface area contributed by atoms with Crippen LogP contribution in [-0.4, -0.2) is 20.1 Å². The molecule has 0 spiro atoms. The summed E-state index contributed by atoms with van der Waals surface area (Å²) in [5.74, 6) is 1.44. The van der Waals surface area contributed by atoms with Crippen LogP contribution in [0.1, 0.15) is 44.0 Å². The van der Waals surface area contributed by atoms with Crippen LogP contribution in [0.5, 0.6) is 11.5 Å². The van der Waals surface area contributed by atoms with E-state index in [2.05, 4.69) is 50.4 Å². The molecule has 1 saturated heterocycles. The zero-order valence-corrected chi connectivity index (χ0v) is 23.2. The highest BCUT2D eigenvalue weighted by Crippen LogP contribution is 2.67. The first-order valence-electron chi connectivity index (χ1n) is 13.3. The molecule has 0 saturated carbocycles. The van der Waals surface area contributed by atoms with E-state index in [-0.39, 0.29) is 18.0 Å². The Labute approximate surface area is 231 Å². The van der Waals surface area contributed by atoms with Crippen molar-refractivity contribution in [2.75, 3.05) is 24.4 Å². The highest BCUT2D eigenvalue weighted by molar-refractivity contribution is 6.08. The Hall–Kier alpha value is -4.25. The SMILES string of the molecule is COc1ccccc1NC(c1ccccc1)[C@]1(C(C)(C)C)C(=O)N(c2ccccc2OC)[C@H]1c1ccccc1. The van der Waals surface area contributed by atoms with Crippen molar-refractivity contribution in [3.8, 4) is 11.5 Å². The van der Waals surface area contributed by atoms with Gasteiger partial charge in [-0.25, -0.2) is 0 Å². The predicted octanol–water partition coefficient (Wildman–Crippen LogP) is 7.68. The van der Waals surface area contributed by atoms with E-state index in [1.165, 1.54) is 0 Å². The summed E-state index contributed by atoms with van der Waals surface area (Å²) in [6.07, 6.45) is 0. The third-order valence-corrected chi connectivity index (χ3v) is 7.96. The molecule has 5 nitrogen and oxygen atoms in total. The highest BCUT2D eigenvalue weighted by Gasteiger charge is 2.71. The van der Waals surface area contributed by atoms with Gasteiger partial charge in [0, 0.05) is 0 Å². The summed E-state index contributed by atoms with van der Waals surface area (Å²) in [5.41, 5.74) is 2.40. The number of hydrogen-bond donors (Lipinski definition) is 1. The van der Waals surface area contributed by atoms with E-state index in [0.29, 0.717) is 5.75 Å². The van der Waals surface area contributed by atoms with Gasteiger partial charge in [-0.15, -0.1) is 0 Å². The molecular weight excluding hydrogens is 484 g/mol. The second-order valence-corrected chi connectivity index (χ2v) is 11.0. The van der Waals surface area contributed by atoms with Gasteiger partial charge in [0.05, 0.1) is 37.7 Å². The maximum atomic E-state index is 14.9. The fourth-order valence-electron chi connectivity index (χ4n) is 6.17.